The molecule has 4 aliphatic carbocycles. The summed E-state index contributed by atoms with van der Waals surface area (Å²) in [5.74, 6) is 4.93. The summed E-state index contributed by atoms with van der Waals surface area (Å²) in [4.78, 5) is 17.9. The van der Waals surface area contributed by atoms with Crippen LogP contribution in [-0.4, -0.2) is 42.5 Å². The summed E-state index contributed by atoms with van der Waals surface area (Å²) >= 11 is 1.90. The standard InChI is InChI=1S/C28H40N4OS/c1-34-12-4-10-29-9-3-11-30-26-8-7-23-24(31-26)5-2-6-25(23)32-27(33)19-28-16-20-13-21(17-28)15-22(14-20)18-28/h2,5-8,20-22,29H,3-4,9-19H2,1H3,(H,30,31)(H,32,33). The molecule has 0 atom stereocenters. The fraction of sp³-hybridized carbons (Fsp3) is 0.643. The van der Waals surface area contributed by atoms with Crippen LogP contribution < -0.4 is 16.0 Å². The van der Waals surface area contributed by atoms with E-state index in [0.717, 1.165) is 66.2 Å². The molecule has 4 aliphatic rings. The van der Waals surface area contributed by atoms with Gasteiger partial charge in [0.2, 0.25) is 5.91 Å². The summed E-state index contributed by atoms with van der Waals surface area (Å²) in [5, 5.41) is 11.2. The molecular weight excluding hydrogens is 440 g/mol. The third kappa shape index (κ3) is 5.71. The van der Waals surface area contributed by atoms with Gasteiger partial charge in [-0.15, -0.1) is 0 Å². The van der Waals surface area contributed by atoms with Crippen LogP contribution in [0.3, 0.4) is 0 Å². The van der Waals surface area contributed by atoms with E-state index in [-0.39, 0.29) is 11.3 Å². The smallest absolute Gasteiger partial charge is 0.224 e. The average Bonchev–Trinajstić information content (AvgIpc) is 2.79. The molecule has 6 heteroatoms. The van der Waals surface area contributed by atoms with Crippen LogP contribution in [0.1, 0.15) is 57.8 Å². The Morgan fingerprint density at radius 1 is 1.00 bits per heavy atom. The first-order valence-electron chi connectivity index (χ1n) is 13.3. The summed E-state index contributed by atoms with van der Waals surface area (Å²) < 4.78 is 0. The highest BCUT2D eigenvalue weighted by Crippen LogP contribution is 2.61. The van der Waals surface area contributed by atoms with Crippen molar-refractivity contribution in [2.45, 2.75) is 57.8 Å². The highest BCUT2D eigenvalue weighted by atomic mass is 32.2. The first-order valence-corrected chi connectivity index (χ1v) is 14.6. The number of rotatable bonds is 12. The minimum absolute atomic E-state index is 0.182. The fourth-order valence-corrected chi connectivity index (χ4v) is 7.73. The van der Waals surface area contributed by atoms with E-state index in [1.807, 2.05) is 36.0 Å². The van der Waals surface area contributed by atoms with Crippen LogP contribution >= 0.6 is 11.8 Å². The van der Waals surface area contributed by atoms with Crippen LogP contribution in [0.5, 0.6) is 0 Å². The van der Waals surface area contributed by atoms with Crippen molar-refractivity contribution in [2.75, 3.05) is 42.3 Å². The summed E-state index contributed by atoms with van der Waals surface area (Å²) in [6, 6.07) is 10.2. The van der Waals surface area contributed by atoms with Crippen LogP contribution in [-0.2, 0) is 4.79 Å². The molecule has 184 valence electrons. The number of aromatic nitrogens is 1. The van der Waals surface area contributed by atoms with Crippen LogP contribution in [0.2, 0.25) is 0 Å². The van der Waals surface area contributed by atoms with Gasteiger partial charge >= 0.3 is 0 Å². The molecule has 4 saturated carbocycles. The fourth-order valence-electron chi connectivity index (χ4n) is 7.30. The third-order valence-electron chi connectivity index (χ3n) is 8.25. The Morgan fingerprint density at radius 3 is 2.47 bits per heavy atom. The number of carbonyl (C=O) groups excluding carboxylic acids is 1. The van der Waals surface area contributed by atoms with E-state index in [2.05, 4.69) is 28.3 Å². The van der Waals surface area contributed by atoms with Crippen LogP contribution in [0.15, 0.2) is 30.3 Å². The number of hydrogen-bond donors (Lipinski definition) is 3. The molecule has 0 unspecified atom stereocenters. The maximum atomic E-state index is 13.1. The lowest BCUT2D eigenvalue weighted by Crippen LogP contribution is -2.47. The largest absolute Gasteiger partial charge is 0.370 e. The van der Waals surface area contributed by atoms with Crippen molar-refractivity contribution in [3.63, 3.8) is 0 Å². The number of carbonyl (C=O) groups is 1. The van der Waals surface area contributed by atoms with E-state index < -0.39 is 0 Å². The zero-order chi connectivity index (χ0) is 23.4. The minimum Gasteiger partial charge on any atom is -0.370 e. The van der Waals surface area contributed by atoms with E-state index in [0.29, 0.717) is 6.42 Å². The molecule has 5 nitrogen and oxygen atoms in total. The van der Waals surface area contributed by atoms with E-state index in [9.17, 15) is 4.79 Å². The first kappa shape index (κ1) is 23.9. The third-order valence-corrected chi connectivity index (χ3v) is 8.94. The van der Waals surface area contributed by atoms with Crippen molar-refractivity contribution in [2.24, 2.45) is 23.2 Å². The Hall–Kier alpha value is -1.79. The number of fused-ring (bicyclic) bond motifs is 1. The number of amides is 1. The molecule has 4 fully saturated rings. The van der Waals surface area contributed by atoms with Gasteiger partial charge in [0.05, 0.1) is 11.2 Å². The molecule has 0 saturated heterocycles. The van der Waals surface area contributed by atoms with Gasteiger partial charge in [0.1, 0.15) is 5.82 Å². The lowest BCUT2D eigenvalue weighted by atomic mass is 9.49. The predicted molar refractivity (Wildman–Crippen MR) is 145 cm³/mol. The molecule has 1 aromatic carbocycles. The lowest BCUT2D eigenvalue weighted by molar-refractivity contribution is -0.124. The van der Waals surface area contributed by atoms with E-state index in [1.165, 1.54) is 50.7 Å². The highest BCUT2D eigenvalue weighted by Gasteiger charge is 2.51. The van der Waals surface area contributed by atoms with Gasteiger partial charge in [-0.2, -0.15) is 11.8 Å². The van der Waals surface area contributed by atoms with E-state index >= 15 is 0 Å². The zero-order valence-electron chi connectivity index (χ0n) is 20.6. The Morgan fingerprint density at radius 2 is 1.74 bits per heavy atom. The summed E-state index contributed by atoms with van der Waals surface area (Å²) in [7, 11) is 0. The second-order valence-corrected chi connectivity index (χ2v) is 12.1. The van der Waals surface area contributed by atoms with Crippen molar-refractivity contribution in [1.29, 1.82) is 0 Å². The topological polar surface area (TPSA) is 66.0 Å². The Labute approximate surface area is 208 Å². The normalized spacial score (nSPS) is 27.3. The molecule has 34 heavy (non-hydrogen) atoms. The molecule has 3 N–H and O–H groups in total. The SMILES string of the molecule is CSCCCNCCCNc1ccc2c(NC(=O)CC34CC5CC(CC(C5)C3)C4)cccc2n1. The summed E-state index contributed by atoms with van der Waals surface area (Å²) in [6.07, 6.45) is 13.2. The molecule has 0 radical (unpaired) electrons. The number of benzene rings is 1. The number of anilines is 2. The number of pyridine rings is 1. The predicted octanol–water partition coefficient (Wildman–Crippen LogP) is 5.92. The Balaban J connectivity index is 1.14. The molecule has 1 aromatic heterocycles. The van der Waals surface area contributed by atoms with Gasteiger partial charge in [-0.05, 0) is 124 Å². The van der Waals surface area contributed by atoms with Gasteiger partial charge < -0.3 is 16.0 Å². The second-order valence-electron chi connectivity index (χ2n) is 11.1. The van der Waals surface area contributed by atoms with Crippen LogP contribution in [0.4, 0.5) is 11.5 Å². The van der Waals surface area contributed by atoms with Crippen molar-refractivity contribution in [1.82, 2.24) is 10.3 Å². The quantitative estimate of drug-likeness (QED) is 0.329. The van der Waals surface area contributed by atoms with Gasteiger partial charge in [0.15, 0.2) is 0 Å². The molecule has 2 aromatic rings. The van der Waals surface area contributed by atoms with E-state index in [1.54, 1.807) is 0 Å². The average molecular weight is 481 g/mol. The molecular formula is C28H40N4OS. The Bertz CT molecular complexity index is 958. The summed E-state index contributed by atoms with van der Waals surface area (Å²) in [6.45, 7) is 3.01. The van der Waals surface area contributed by atoms with Crippen LogP contribution in [0.25, 0.3) is 10.9 Å². The molecule has 1 heterocycles. The van der Waals surface area contributed by atoms with Gasteiger partial charge in [-0.1, -0.05) is 6.07 Å². The van der Waals surface area contributed by atoms with Gasteiger partial charge in [-0.25, -0.2) is 4.98 Å². The Kier molecular flexibility index (Phi) is 7.64. The molecule has 0 spiro atoms. The van der Waals surface area contributed by atoms with Crippen LogP contribution in [0, 0.1) is 23.2 Å². The maximum absolute atomic E-state index is 13.1. The second kappa shape index (κ2) is 10.9. The van der Waals surface area contributed by atoms with E-state index in [4.69, 9.17) is 4.98 Å². The monoisotopic (exact) mass is 480 g/mol. The van der Waals surface area contributed by atoms with Gasteiger partial charge in [0, 0.05) is 18.4 Å². The molecule has 0 aliphatic heterocycles. The number of thioether (sulfide) groups is 1. The summed E-state index contributed by atoms with van der Waals surface area (Å²) in [5.41, 5.74) is 2.08. The number of hydrogen-bond acceptors (Lipinski definition) is 5. The van der Waals surface area contributed by atoms with Gasteiger partial charge in [0.25, 0.3) is 0 Å². The number of nitrogens with one attached hydrogen (secondary N) is 3. The van der Waals surface area contributed by atoms with Crippen molar-refractivity contribution in [3.05, 3.63) is 30.3 Å². The minimum atomic E-state index is 0.182. The van der Waals surface area contributed by atoms with Crippen molar-refractivity contribution >= 4 is 40.1 Å². The lowest BCUT2D eigenvalue weighted by Gasteiger charge is -2.56. The van der Waals surface area contributed by atoms with Gasteiger partial charge in [-0.3, -0.25) is 4.79 Å². The van der Waals surface area contributed by atoms with Crippen molar-refractivity contribution < 1.29 is 4.79 Å². The van der Waals surface area contributed by atoms with Crippen molar-refractivity contribution in [3.8, 4) is 0 Å². The highest BCUT2D eigenvalue weighted by molar-refractivity contribution is 7.98. The maximum Gasteiger partial charge on any atom is 0.224 e. The first-order chi connectivity index (χ1) is 16.6. The molecule has 6 rings (SSSR count). The number of nitrogens with zero attached hydrogens (tertiary/aromatic N) is 1. The molecule has 4 bridgehead atoms. The zero-order valence-corrected chi connectivity index (χ0v) is 21.4. The molecule has 1 amide bonds.